The van der Waals surface area contributed by atoms with Crippen LogP contribution in [0.25, 0.3) is 0 Å². The molecule has 3 nitrogen and oxygen atoms in total. The van der Waals surface area contributed by atoms with Gasteiger partial charge in [0.25, 0.3) is 0 Å². The zero-order chi connectivity index (χ0) is 13.3. The maximum Gasteiger partial charge on any atom is 0.243 e. The van der Waals surface area contributed by atoms with E-state index < -0.39 is 10.0 Å². The largest absolute Gasteiger partial charge is 0.243 e. The highest BCUT2D eigenvalue weighted by Gasteiger charge is 2.30. The first-order valence-electron chi connectivity index (χ1n) is 6.56. The zero-order valence-electron chi connectivity index (χ0n) is 10.6. The van der Waals surface area contributed by atoms with Crippen LogP contribution in [-0.2, 0) is 10.0 Å². The van der Waals surface area contributed by atoms with Gasteiger partial charge >= 0.3 is 0 Å². The first-order chi connectivity index (χ1) is 9.16. The molecule has 19 heavy (non-hydrogen) atoms. The molecule has 0 saturated carbocycles. The minimum atomic E-state index is -3.37. The Balaban J connectivity index is 1.93. The minimum absolute atomic E-state index is 0.200. The number of hydrogen-bond donors (Lipinski definition) is 0. The molecule has 0 N–H and O–H groups in total. The molecule has 0 radical (unpaired) electrons. The lowest BCUT2D eigenvalue weighted by Gasteiger charge is -2.26. The predicted molar refractivity (Wildman–Crippen MR) is 75.1 cm³/mol. The second-order valence-corrected chi connectivity index (χ2v) is 7.05. The molecule has 3 rings (SSSR count). The van der Waals surface area contributed by atoms with Crippen LogP contribution < -0.4 is 0 Å². The SMILES string of the molecule is O=S(=O)(c1ccccc1)N1C[C@@H]2C=CC[C@H](C=C2)C1. The maximum atomic E-state index is 12.6. The van der Waals surface area contributed by atoms with Gasteiger partial charge in [0, 0.05) is 19.0 Å². The number of fused-ring (bicyclic) bond motifs is 2. The summed E-state index contributed by atoms with van der Waals surface area (Å²) in [5, 5.41) is 0. The van der Waals surface area contributed by atoms with Gasteiger partial charge in [-0.05, 0) is 24.5 Å². The molecular formula is C15H17NO2S. The second-order valence-electron chi connectivity index (χ2n) is 5.11. The number of hydrogen-bond acceptors (Lipinski definition) is 2. The molecule has 0 spiro atoms. The van der Waals surface area contributed by atoms with E-state index in [2.05, 4.69) is 24.3 Å². The summed E-state index contributed by atoms with van der Waals surface area (Å²) in [4.78, 5) is 0.388. The van der Waals surface area contributed by atoms with Crippen molar-refractivity contribution in [2.75, 3.05) is 13.1 Å². The molecule has 0 saturated heterocycles. The van der Waals surface area contributed by atoms with E-state index in [0.29, 0.717) is 23.9 Å². The summed E-state index contributed by atoms with van der Waals surface area (Å²) in [7, 11) is -3.37. The molecule has 1 aromatic carbocycles. The molecule has 2 aliphatic rings. The lowest BCUT2D eigenvalue weighted by molar-refractivity contribution is 0.364. The maximum absolute atomic E-state index is 12.6. The lowest BCUT2D eigenvalue weighted by atomic mass is 10.1. The Morgan fingerprint density at radius 1 is 1.00 bits per heavy atom. The third-order valence-corrected chi connectivity index (χ3v) is 5.53. The van der Waals surface area contributed by atoms with E-state index in [1.807, 2.05) is 6.07 Å². The summed E-state index contributed by atoms with van der Waals surface area (Å²) < 4.78 is 26.9. The Kier molecular flexibility index (Phi) is 3.29. The molecule has 1 heterocycles. The van der Waals surface area contributed by atoms with Crippen molar-refractivity contribution in [1.29, 1.82) is 0 Å². The molecule has 0 unspecified atom stereocenters. The Morgan fingerprint density at radius 2 is 1.79 bits per heavy atom. The molecule has 4 heteroatoms. The third-order valence-electron chi connectivity index (χ3n) is 3.69. The molecular weight excluding hydrogens is 258 g/mol. The van der Waals surface area contributed by atoms with Crippen LogP contribution in [0.3, 0.4) is 0 Å². The van der Waals surface area contributed by atoms with Gasteiger partial charge in [-0.15, -0.1) is 0 Å². The highest BCUT2D eigenvalue weighted by molar-refractivity contribution is 7.89. The normalized spacial score (nSPS) is 27.2. The van der Waals surface area contributed by atoms with Crippen molar-refractivity contribution in [2.45, 2.75) is 11.3 Å². The second kappa shape index (κ2) is 4.94. The van der Waals surface area contributed by atoms with Gasteiger partial charge < -0.3 is 0 Å². The van der Waals surface area contributed by atoms with Crippen molar-refractivity contribution in [3.63, 3.8) is 0 Å². The Hall–Kier alpha value is -1.39. The van der Waals surface area contributed by atoms with Crippen LogP contribution in [0.1, 0.15) is 6.42 Å². The molecule has 2 bridgehead atoms. The van der Waals surface area contributed by atoms with E-state index in [0.717, 1.165) is 6.42 Å². The van der Waals surface area contributed by atoms with E-state index in [-0.39, 0.29) is 5.92 Å². The van der Waals surface area contributed by atoms with E-state index in [4.69, 9.17) is 0 Å². The third kappa shape index (κ3) is 2.51. The molecule has 100 valence electrons. The van der Waals surface area contributed by atoms with Crippen LogP contribution in [0.2, 0.25) is 0 Å². The van der Waals surface area contributed by atoms with E-state index in [1.54, 1.807) is 28.6 Å². The summed E-state index contributed by atoms with van der Waals surface area (Å²) in [5.74, 6) is 0.494. The van der Waals surface area contributed by atoms with Gasteiger partial charge in [0.05, 0.1) is 4.90 Å². The van der Waals surface area contributed by atoms with Gasteiger partial charge in [-0.3, -0.25) is 0 Å². The van der Waals surface area contributed by atoms with Crippen molar-refractivity contribution in [3.8, 4) is 0 Å². The number of rotatable bonds is 2. The highest BCUT2D eigenvalue weighted by Crippen LogP contribution is 2.26. The summed E-state index contributed by atoms with van der Waals surface area (Å²) in [6, 6.07) is 8.70. The van der Waals surface area contributed by atoms with Crippen molar-refractivity contribution >= 4 is 10.0 Å². The van der Waals surface area contributed by atoms with Crippen LogP contribution in [0.4, 0.5) is 0 Å². The molecule has 1 aromatic rings. The van der Waals surface area contributed by atoms with E-state index >= 15 is 0 Å². The smallest absolute Gasteiger partial charge is 0.207 e. The van der Waals surface area contributed by atoms with Crippen LogP contribution in [-0.4, -0.2) is 25.8 Å². The average molecular weight is 275 g/mol. The first-order valence-corrected chi connectivity index (χ1v) is 8.00. The molecule has 1 aliphatic carbocycles. The van der Waals surface area contributed by atoms with Crippen molar-refractivity contribution in [3.05, 3.63) is 54.6 Å². The Bertz CT molecular complexity index is 604. The van der Waals surface area contributed by atoms with Gasteiger partial charge in [-0.1, -0.05) is 42.5 Å². The summed E-state index contributed by atoms with van der Waals surface area (Å²) in [6.07, 6.45) is 9.50. The molecule has 0 aromatic heterocycles. The summed E-state index contributed by atoms with van der Waals surface area (Å²) in [6.45, 7) is 1.12. The predicted octanol–water partition coefficient (Wildman–Crippen LogP) is 2.44. The van der Waals surface area contributed by atoms with Crippen molar-refractivity contribution < 1.29 is 8.42 Å². The number of benzene rings is 1. The van der Waals surface area contributed by atoms with Crippen LogP contribution >= 0.6 is 0 Å². The molecule has 0 fully saturated rings. The Morgan fingerprint density at radius 3 is 2.58 bits per heavy atom. The zero-order valence-corrected chi connectivity index (χ0v) is 11.5. The fraction of sp³-hybridized carbons (Fsp3) is 0.333. The van der Waals surface area contributed by atoms with Gasteiger partial charge in [0.2, 0.25) is 10.0 Å². The Labute approximate surface area is 114 Å². The number of allylic oxidation sites excluding steroid dienone is 1. The summed E-state index contributed by atoms with van der Waals surface area (Å²) >= 11 is 0. The van der Waals surface area contributed by atoms with Crippen LogP contribution in [0.5, 0.6) is 0 Å². The van der Waals surface area contributed by atoms with Gasteiger partial charge in [0.1, 0.15) is 0 Å². The van der Waals surface area contributed by atoms with Crippen LogP contribution in [0.15, 0.2) is 59.5 Å². The monoisotopic (exact) mass is 275 g/mol. The molecule has 2 atom stereocenters. The first kappa shape index (κ1) is 12.6. The summed E-state index contributed by atoms with van der Waals surface area (Å²) in [5.41, 5.74) is 0. The fourth-order valence-electron chi connectivity index (χ4n) is 2.64. The quantitative estimate of drug-likeness (QED) is 0.777. The van der Waals surface area contributed by atoms with Crippen molar-refractivity contribution in [2.24, 2.45) is 11.8 Å². The molecule has 1 aliphatic heterocycles. The number of sulfonamides is 1. The van der Waals surface area contributed by atoms with E-state index in [9.17, 15) is 8.42 Å². The van der Waals surface area contributed by atoms with Gasteiger partial charge in [0.15, 0.2) is 0 Å². The fourth-order valence-corrected chi connectivity index (χ4v) is 4.19. The standard InChI is InChI=1S/C15H17NO2S/c17-19(18,15-7-2-1-3-8-15)16-11-13-5-4-6-14(12-16)10-9-13/h1-5,7-10,13-14H,6,11-12H2/t13-,14-/m1/s1. The van der Waals surface area contributed by atoms with Gasteiger partial charge in [-0.25, -0.2) is 8.42 Å². The van der Waals surface area contributed by atoms with Gasteiger partial charge in [-0.2, -0.15) is 4.31 Å². The van der Waals surface area contributed by atoms with Crippen LogP contribution in [0, 0.1) is 11.8 Å². The average Bonchev–Trinajstić information content (AvgIpc) is 2.73. The van der Waals surface area contributed by atoms with E-state index in [1.165, 1.54) is 0 Å². The molecule has 0 amide bonds. The van der Waals surface area contributed by atoms with Crippen molar-refractivity contribution in [1.82, 2.24) is 4.31 Å². The highest BCUT2D eigenvalue weighted by atomic mass is 32.2. The minimum Gasteiger partial charge on any atom is -0.207 e. The lowest BCUT2D eigenvalue weighted by Crippen LogP contribution is -2.37. The topological polar surface area (TPSA) is 37.4 Å². The number of nitrogens with zero attached hydrogens (tertiary/aromatic N) is 1.